The van der Waals surface area contributed by atoms with Crippen LogP contribution in [0.15, 0.2) is 24.3 Å². The van der Waals surface area contributed by atoms with E-state index in [9.17, 15) is 13.2 Å². The lowest BCUT2D eigenvalue weighted by Crippen LogP contribution is -2.41. The van der Waals surface area contributed by atoms with E-state index >= 15 is 0 Å². The van der Waals surface area contributed by atoms with Crippen molar-refractivity contribution < 1.29 is 13.2 Å². The zero-order valence-electron chi connectivity index (χ0n) is 12.6. The third-order valence-corrected chi connectivity index (χ3v) is 5.21. The van der Waals surface area contributed by atoms with E-state index in [1.165, 1.54) is 6.92 Å². The molecule has 1 rings (SSSR count). The molecule has 1 N–H and O–H groups in total. The lowest BCUT2D eigenvalue weighted by molar-refractivity contribution is -0.120. The number of carbonyl (C=O) groups excluding carboxylic acids is 1. The highest BCUT2D eigenvalue weighted by Crippen LogP contribution is 2.25. The van der Waals surface area contributed by atoms with Gasteiger partial charge in [0.05, 0.1) is 6.04 Å². The number of sulfone groups is 1. The topological polar surface area (TPSA) is 66.5 Å². The minimum Gasteiger partial charge on any atom is -0.353 e. The molecule has 0 saturated heterocycles. The Labute approximate surface area is 131 Å². The number of halogens is 1. The van der Waals surface area contributed by atoms with E-state index in [1.54, 1.807) is 6.07 Å². The first-order valence-electron chi connectivity index (χ1n) is 6.52. The second-order valence-electron chi connectivity index (χ2n) is 5.22. The predicted molar refractivity (Wildman–Crippen MR) is 85.2 cm³/mol. The van der Waals surface area contributed by atoms with Crippen LogP contribution < -0.4 is 5.32 Å². The molecule has 0 aromatic heterocycles. The van der Waals surface area contributed by atoms with Crippen molar-refractivity contribution in [2.75, 3.05) is 26.9 Å². The molecule has 2 atom stereocenters. The normalized spacial score (nSPS) is 14.8. The maximum absolute atomic E-state index is 11.9. The largest absolute Gasteiger partial charge is 0.353 e. The van der Waals surface area contributed by atoms with E-state index in [0.29, 0.717) is 5.02 Å². The Kier molecular flexibility index (Phi) is 6.19. The lowest BCUT2D eigenvalue weighted by Gasteiger charge is -2.26. The predicted octanol–water partition coefficient (Wildman–Crippen LogP) is 1.49. The highest BCUT2D eigenvalue weighted by molar-refractivity contribution is 7.92. The molecular weight excluding hydrogens is 312 g/mol. The Bertz CT molecular complexity index is 602. The van der Waals surface area contributed by atoms with Gasteiger partial charge in [0.2, 0.25) is 5.91 Å². The van der Waals surface area contributed by atoms with Gasteiger partial charge in [-0.3, -0.25) is 4.79 Å². The van der Waals surface area contributed by atoms with Crippen molar-refractivity contribution in [1.29, 1.82) is 0 Å². The van der Waals surface area contributed by atoms with Crippen LogP contribution in [0.5, 0.6) is 0 Å². The third kappa shape index (κ3) is 4.98. The summed E-state index contributed by atoms with van der Waals surface area (Å²) in [6.45, 7) is 1.67. The van der Waals surface area contributed by atoms with Gasteiger partial charge in [0.1, 0.15) is 5.25 Å². The number of benzene rings is 1. The third-order valence-electron chi connectivity index (χ3n) is 3.37. The molecule has 0 aliphatic heterocycles. The zero-order chi connectivity index (χ0) is 16.2. The van der Waals surface area contributed by atoms with E-state index in [0.717, 1.165) is 11.8 Å². The van der Waals surface area contributed by atoms with Crippen LogP contribution >= 0.6 is 11.6 Å². The van der Waals surface area contributed by atoms with Crippen molar-refractivity contribution in [3.63, 3.8) is 0 Å². The van der Waals surface area contributed by atoms with Crippen LogP contribution in [-0.2, 0) is 14.6 Å². The van der Waals surface area contributed by atoms with Crippen LogP contribution in [0.3, 0.4) is 0 Å². The van der Waals surface area contributed by atoms with Crippen molar-refractivity contribution in [2.45, 2.75) is 18.2 Å². The lowest BCUT2D eigenvalue weighted by atomic mass is 10.1. The molecule has 0 heterocycles. The standard InChI is InChI=1S/C14H21ClN2O3S/c1-10(21(4,19)20)14(18)16-9-13(17(2)3)11-7-5-6-8-12(11)15/h5-8,10,13H,9H2,1-4H3,(H,16,18)/t10-,13+/m0/s1. The van der Waals surface area contributed by atoms with Crippen LogP contribution in [-0.4, -0.2) is 51.4 Å². The molecule has 0 spiro atoms. The van der Waals surface area contributed by atoms with E-state index in [4.69, 9.17) is 11.6 Å². The van der Waals surface area contributed by atoms with Crippen LogP contribution in [0, 0.1) is 0 Å². The molecule has 0 saturated carbocycles. The summed E-state index contributed by atoms with van der Waals surface area (Å²) in [6, 6.07) is 7.25. The van der Waals surface area contributed by atoms with Crippen molar-refractivity contribution in [2.24, 2.45) is 0 Å². The maximum Gasteiger partial charge on any atom is 0.238 e. The highest BCUT2D eigenvalue weighted by Gasteiger charge is 2.25. The van der Waals surface area contributed by atoms with Gasteiger partial charge in [0.25, 0.3) is 0 Å². The fraction of sp³-hybridized carbons (Fsp3) is 0.500. The quantitative estimate of drug-likeness (QED) is 0.857. The van der Waals surface area contributed by atoms with Gasteiger partial charge in [-0.1, -0.05) is 29.8 Å². The van der Waals surface area contributed by atoms with Crippen LogP contribution in [0.2, 0.25) is 5.02 Å². The Morgan fingerprint density at radius 3 is 2.38 bits per heavy atom. The number of nitrogens with one attached hydrogen (secondary N) is 1. The SMILES string of the molecule is C[C@@H](C(=O)NC[C@H](c1ccccc1Cl)N(C)C)S(C)(=O)=O. The molecule has 0 fully saturated rings. The van der Waals surface area contributed by atoms with Gasteiger partial charge in [-0.05, 0) is 32.6 Å². The number of carbonyl (C=O) groups is 1. The van der Waals surface area contributed by atoms with Crippen LogP contribution in [0.1, 0.15) is 18.5 Å². The van der Waals surface area contributed by atoms with Crippen LogP contribution in [0.25, 0.3) is 0 Å². The van der Waals surface area contributed by atoms with Gasteiger partial charge in [-0.15, -0.1) is 0 Å². The van der Waals surface area contributed by atoms with Crippen LogP contribution in [0.4, 0.5) is 0 Å². The second kappa shape index (κ2) is 7.24. The van der Waals surface area contributed by atoms with Gasteiger partial charge >= 0.3 is 0 Å². The number of hydrogen-bond donors (Lipinski definition) is 1. The molecule has 0 unspecified atom stereocenters. The van der Waals surface area contributed by atoms with E-state index in [1.807, 2.05) is 37.2 Å². The summed E-state index contributed by atoms with van der Waals surface area (Å²) in [4.78, 5) is 13.8. The van der Waals surface area contributed by atoms with Crippen molar-refractivity contribution in [1.82, 2.24) is 10.2 Å². The van der Waals surface area contributed by atoms with Gasteiger partial charge in [-0.25, -0.2) is 8.42 Å². The summed E-state index contributed by atoms with van der Waals surface area (Å²) in [6.07, 6.45) is 1.05. The number of hydrogen-bond acceptors (Lipinski definition) is 4. The Hall–Kier alpha value is -1.11. The summed E-state index contributed by atoms with van der Waals surface area (Å²) in [5, 5.41) is 2.23. The summed E-state index contributed by atoms with van der Waals surface area (Å²) in [5.41, 5.74) is 0.886. The van der Waals surface area contributed by atoms with Crippen molar-refractivity contribution >= 4 is 27.3 Å². The number of nitrogens with zero attached hydrogens (tertiary/aromatic N) is 1. The maximum atomic E-state index is 11.9. The molecule has 0 bridgehead atoms. The average Bonchev–Trinajstić information content (AvgIpc) is 2.38. The Morgan fingerprint density at radius 1 is 1.33 bits per heavy atom. The van der Waals surface area contributed by atoms with Crippen molar-refractivity contribution in [3.8, 4) is 0 Å². The smallest absolute Gasteiger partial charge is 0.238 e. The van der Waals surface area contributed by atoms with Gasteiger partial charge in [0.15, 0.2) is 9.84 Å². The molecule has 7 heteroatoms. The Morgan fingerprint density at radius 2 is 1.90 bits per heavy atom. The fourth-order valence-corrected chi connectivity index (χ4v) is 2.59. The molecular formula is C14H21ClN2O3S. The zero-order valence-corrected chi connectivity index (χ0v) is 14.2. The highest BCUT2D eigenvalue weighted by atomic mass is 35.5. The summed E-state index contributed by atoms with van der Waals surface area (Å²) in [5.74, 6) is -0.503. The number of likely N-dealkylation sites (N-methyl/N-ethyl adjacent to an activating group) is 1. The fourth-order valence-electron chi connectivity index (χ4n) is 1.85. The molecule has 1 amide bonds. The van der Waals surface area contributed by atoms with E-state index in [-0.39, 0.29) is 12.6 Å². The van der Waals surface area contributed by atoms with Gasteiger partial charge < -0.3 is 10.2 Å². The molecule has 118 valence electrons. The molecule has 0 aliphatic carbocycles. The van der Waals surface area contributed by atoms with E-state index < -0.39 is 21.0 Å². The monoisotopic (exact) mass is 332 g/mol. The minimum atomic E-state index is -3.39. The first-order chi connectivity index (χ1) is 9.64. The molecule has 1 aromatic carbocycles. The van der Waals surface area contributed by atoms with Gasteiger partial charge in [-0.2, -0.15) is 0 Å². The number of amides is 1. The van der Waals surface area contributed by atoms with Crippen molar-refractivity contribution in [3.05, 3.63) is 34.9 Å². The molecule has 21 heavy (non-hydrogen) atoms. The molecule has 0 radical (unpaired) electrons. The Balaban J connectivity index is 2.83. The second-order valence-corrected chi connectivity index (χ2v) is 7.99. The molecule has 0 aliphatic rings. The summed E-state index contributed by atoms with van der Waals surface area (Å²) < 4.78 is 22.8. The van der Waals surface area contributed by atoms with Gasteiger partial charge in [0, 0.05) is 17.8 Å². The molecule has 1 aromatic rings. The first kappa shape index (κ1) is 17.9. The molecule has 5 nitrogen and oxygen atoms in total. The van der Waals surface area contributed by atoms with E-state index in [2.05, 4.69) is 5.32 Å². The number of rotatable bonds is 6. The minimum absolute atomic E-state index is 0.130. The first-order valence-corrected chi connectivity index (χ1v) is 8.85. The summed E-state index contributed by atoms with van der Waals surface area (Å²) >= 11 is 6.18. The average molecular weight is 333 g/mol. The summed E-state index contributed by atoms with van der Waals surface area (Å²) in [7, 11) is 0.356.